The molecule has 10 heteroatoms. The molecule has 0 fully saturated rings. The molecular formula is C13H13F6NO2S. The third-order valence-electron chi connectivity index (χ3n) is 3.00. The van der Waals surface area contributed by atoms with Crippen LogP contribution in [0.5, 0.6) is 0 Å². The Kier molecular flexibility index (Phi) is 5.32. The van der Waals surface area contributed by atoms with E-state index in [0.29, 0.717) is 12.1 Å². The average molecular weight is 361 g/mol. The van der Waals surface area contributed by atoms with Crippen LogP contribution in [0.15, 0.2) is 23.1 Å². The van der Waals surface area contributed by atoms with Gasteiger partial charge in [0.05, 0.1) is 21.6 Å². The molecular weight excluding hydrogens is 348 g/mol. The minimum Gasteiger partial charge on any atom is -0.298 e. The number of Topliss-reactive ketones (excluding diaryl/α,β-unsaturated/α-hetero) is 1. The van der Waals surface area contributed by atoms with Gasteiger partial charge in [0.15, 0.2) is 0 Å². The van der Waals surface area contributed by atoms with Crippen molar-refractivity contribution in [3.63, 3.8) is 0 Å². The summed E-state index contributed by atoms with van der Waals surface area (Å²) in [4.78, 5) is 10.6. The molecule has 3 nitrogen and oxygen atoms in total. The summed E-state index contributed by atoms with van der Waals surface area (Å²) >= 11 is 0. The molecule has 0 aliphatic rings. The Bertz CT molecular complexity index is 604. The van der Waals surface area contributed by atoms with E-state index >= 15 is 0 Å². The fraction of sp³-hybridized carbons (Fsp3) is 0.462. The zero-order valence-corrected chi connectivity index (χ0v) is 13.0. The molecule has 0 aromatic heterocycles. The lowest BCUT2D eigenvalue weighted by molar-refractivity contribution is -0.143. The van der Waals surface area contributed by atoms with Crippen LogP contribution in [-0.4, -0.2) is 15.5 Å². The zero-order valence-electron chi connectivity index (χ0n) is 12.2. The second kappa shape index (κ2) is 6.23. The molecule has 1 aromatic rings. The number of halogens is 6. The molecule has 1 rings (SSSR count). The molecule has 1 aromatic carbocycles. The standard InChI is InChI=1S/C13H13F6NO2S/c1-7(21)11(2,3)20-23(22)10-5-8(12(14,15)16)4-9(6-10)13(17,18)19/h4-6,20H,1-3H3. The van der Waals surface area contributed by atoms with E-state index in [1.54, 1.807) is 0 Å². The van der Waals surface area contributed by atoms with Crippen LogP contribution in [0.2, 0.25) is 0 Å². The number of rotatable bonds is 4. The molecule has 0 saturated carbocycles. The molecule has 23 heavy (non-hydrogen) atoms. The zero-order chi connectivity index (χ0) is 18.2. The van der Waals surface area contributed by atoms with E-state index in [0.717, 1.165) is 6.92 Å². The van der Waals surface area contributed by atoms with Gasteiger partial charge in [0.25, 0.3) is 0 Å². The SMILES string of the molecule is CC(=O)C(C)(C)NS(=O)c1cc(C(F)(F)F)cc(C(F)(F)F)c1. The van der Waals surface area contributed by atoms with E-state index in [1.807, 2.05) is 0 Å². The Labute approximate surface area is 130 Å². The van der Waals surface area contributed by atoms with Crippen LogP contribution in [0, 0.1) is 0 Å². The first-order valence-electron chi connectivity index (χ1n) is 6.14. The first kappa shape index (κ1) is 19.6. The number of hydrogen-bond acceptors (Lipinski definition) is 2. The molecule has 0 saturated heterocycles. The summed E-state index contributed by atoms with van der Waals surface area (Å²) < 4.78 is 90.6. The monoisotopic (exact) mass is 361 g/mol. The van der Waals surface area contributed by atoms with Gasteiger partial charge in [-0.1, -0.05) is 0 Å². The topological polar surface area (TPSA) is 46.2 Å². The van der Waals surface area contributed by atoms with Crippen molar-refractivity contribution >= 4 is 16.8 Å². The van der Waals surface area contributed by atoms with E-state index in [-0.39, 0.29) is 6.07 Å². The maximum absolute atomic E-state index is 12.7. The number of ketones is 1. The van der Waals surface area contributed by atoms with Gasteiger partial charge in [-0.3, -0.25) is 4.79 Å². The van der Waals surface area contributed by atoms with Crippen molar-refractivity contribution in [3.8, 4) is 0 Å². The van der Waals surface area contributed by atoms with E-state index in [2.05, 4.69) is 4.72 Å². The van der Waals surface area contributed by atoms with Crippen LogP contribution in [0.25, 0.3) is 0 Å². The summed E-state index contributed by atoms with van der Waals surface area (Å²) in [6.07, 6.45) is -10.1. The van der Waals surface area contributed by atoms with Crippen LogP contribution in [0.3, 0.4) is 0 Å². The van der Waals surface area contributed by atoms with Gasteiger partial charge < -0.3 is 0 Å². The lowest BCUT2D eigenvalue weighted by Gasteiger charge is -2.22. The fourth-order valence-corrected chi connectivity index (χ4v) is 2.59. The summed E-state index contributed by atoms with van der Waals surface area (Å²) in [5.41, 5.74) is -4.52. The van der Waals surface area contributed by atoms with Crippen LogP contribution in [0.4, 0.5) is 26.3 Å². The van der Waals surface area contributed by atoms with Gasteiger partial charge in [-0.2, -0.15) is 26.3 Å². The van der Waals surface area contributed by atoms with Gasteiger partial charge in [0.2, 0.25) is 0 Å². The third kappa shape index (κ3) is 5.03. The van der Waals surface area contributed by atoms with Crippen molar-refractivity contribution in [2.24, 2.45) is 0 Å². The van der Waals surface area contributed by atoms with Crippen molar-refractivity contribution in [3.05, 3.63) is 29.3 Å². The number of nitrogens with one attached hydrogen (secondary N) is 1. The molecule has 130 valence electrons. The van der Waals surface area contributed by atoms with E-state index in [4.69, 9.17) is 0 Å². The van der Waals surface area contributed by atoms with E-state index in [9.17, 15) is 35.3 Å². The summed E-state index contributed by atoms with van der Waals surface area (Å²) in [7, 11) is -2.43. The molecule has 0 heterocycles. The van der Waals surface area contributed by atoms with Crippen LogP contribution in [0.1, 0.15) is 31.9 Å². The number of benzene rings is 1. The highest BCUT2D eigenvalue weighted by molar-refractivity contribution is 7.83. The fourth-order valence-electron chi connectivity index (χ4n) is 1.40. The summed E-state index contributed by atoms with van der Waals surface area (Å²) in [6.45, 7) is 3.77. The minimum absolute atomic E-state index is 0.0587. The Morgan fingerprint density at radius 2 is 1.35 bits per heavy atom. The van der Waals surface area contributed by atoms with Gasteiger partial charge in [-0.25, -0.2) is 8.93 Å². The summed E-state index contributed by atoms with van der Waals surface area (Å²) in [5.74, 6) is -0.478. The number of carbonyl (C=O) groups excluding carboxylic acids is 1. The molecule has 0 aliphatic carbocycles. The van der Waals surface area contributed by atoms with Gasteiger partial charge in [0, 0.05) is 0 Å². The van der Waals surface area contributed by atoms with Gasteiger partial charge in [-0.05, 0) is 39.0 Å². The molecule has 0 radical (unpaired) electrons. The van der Waals surface area contributed by atoms with E-state index in [1.165, 1.54) is 13.8 Å². The van der Waals surface area contributed by atoms with Gasteiger partial charge in [-0.15, -0.1) is 0 Å². The van der Waals surface area contributed by atoms with Crippen molar-refractivity contribution in [1.29, 1.82) is 0 Å². The maximum Gasteiger partial charge on any atom is 0.416 e. The quantitative estimate of drug-likeness (QED) is 0.832. The molecule has 1 N–H and O–H groups in total. The first-order chi connectivity index (χ1) is 10.1. The van der Waals surface area contributed by atoms with Gasteiger partial charge in [0.1, 0.15) is 16.8 Å². The predicted molar refractivity (Wildman–Crippen MR) is 70.8 cm³/mol. The molecule has 0 amide bonds. The highest BCUT2D eigenvalue weighted by Crippen LogP contribution is 2.36. The lowest BCUT2D eigenvalue weighted by atomic mass is 10.0. The number of hydrogen-bond donors (Lipinski definition) is 1. The molecule has 0 bridgehead atoms. The maximum atomic E-state index is 12.7. The molecule has 1 atom stereocenters. The lowest BCUT2D eigenvalue weighted by Crippen LogP contribution is -2.46. The van der Waals surface area contributed by atoms with Crippen LogP contribution < -0.4 is 4.72 Å². The highest BCUT2D eigenvalue weighted by Gasteiger charge is 2.38. The Morgan fingerprint density at radius 3 is 1.65 bits per heavy atom. The van der Waals surface area contributed by atoms with Crippen molar-refractivity contribution in [2.75, 3.05) is 0 Å². The van der Waals surface area contributed by atoms with Crippen molar-refractivity contribution < 1.29 is 35.3 Å². The predicted octanol–water partition coefficient (Wildman–Crippen LogP) is 3.70. The normalized spacial score (nSPS) is 14.7. The Morgan fingerprint density at radius 1 is 0.957 bits per heavy atom. The highest BCUT2D eigenvalue weighted by atomic mass is 32.2. The van der Waals surface area contributed by atoms with Crippen LogP contribution in [-0.2, 0) is 28.1 Å². The third-order valence-corrected chi connectivity index (χ3v) is 4.36. The van der Waals surface area contributed by atoms with Crippen molar-refractivity contribution in [1.82, 2.24) is 4.72 Å². The second-order valence-electron chi connectivity index (χ2n) is 5.29. The average Bonchev–Trinajstić information content (AvgIpc) is 2.35. The number of carbonyl (C=O) groups is 1. The Balaban J connectivity index is 3.36. The number of alkyl halides is 6. The molecule has 0 spiro atoms. The molecule has 1 unspecified atom stereocenters. The summed E-state index contributed by atoms with van der Waals surface area (Å²) in [6, 6.07) is 0.653. The summed E-state index contributed by atoms with van der Waals surface area (Å²) in [5, 5.41) is 0. The molecule has 0 aliphatic heterocycles. The van der Waals surface area contributed by atoms with E-state index < -0.39 is 50.7 Å². The largest absolute Gasteiger partial charge is 0.416 e. The van der Waals surface area contributed by atoms with Gasteiger partial charge >= 0.3 is 12.4 Å². The first-order valence-corrected chi connectivity index (χ1v) is 7.29. The second-order valence-corrected chi connectivity index (χ2v) is 6.51. The van der Waals surface area contributed by atoms with Crippen LogP contribution >= 0.6 is 0 Å². The Hall–Kier alpha value is -1.42. The minimum atomic E-state index is -5.03. The smallest absolute Gasteiger partial charge is 0.298 e. The van der Waals surface area contributed by atoms with Crippen molar-refractivity contribution in [2.45, 2.75) is 43.6 Å².